The summed E-state index contributed by atoms with van der Waals surface area (Å²) in [6, 6.07) is 2.55. The number of rotatable bonds is 10. The molecule has 0 radical (unpaired) electrons. The van der Waals surface area contributed by atoms with Crippen molar-refractivity contribution in [2.75, 3.05) is 6.61 Å². The predicted octanol–water partition coefficient (Wildman–Crippen LogP) is 8.02. The van der Waals surface area contributed by atoms with Crippen LogP contribution in [0, 0.1) is 35.3 Å². The molecule has 0 aliphatic heterocycles. The van der Waals surface area contributed by atoms with E-state index in [2.05, 4.69) is 19.1 Å². The number of allylic oxidation sites excluding steroid dienone is 2. The molecular weight excluding hydrogens is 422 g/mol. The lowest BCUT2D eigenvalue weighted by Crippen LogP contribution is -2.25. The zero-order valence-electron chi connectivity index (χ0n) is 20.3. The van der Waals surface area contributed by atoms with Gasteiger partial charge in [-0.25, -0.2) is 0 Å². The molecule has 33 heavy (non-hydrogen) atoms. The zero-order chi connectivity index (χ0) is 23.6. The fourth-order valence-corrected chi connectivity index (χ4v) is 5.27. The fraction of sp³-hybridized carbons (Fsp3) is 0.679. The maximum Gasteiger partial charge on any atom is 0.314 e. The molecular formula is C28H40F2O3. The van der Waals surface area contributed by atoms with Crippen LogP contribution in [0.25, 0.3) is 0 Å². The maximum absolute atomic E-state index is 14.2. The van der Waals surface area contributed by atoms with Gasteiger partial charge in [0.15, 0.2) is 11.5 Å². The smallest absolute Gasteiger partial charge is 0.314 e. The van der Waals surface area contributed by atoms with Gasteiger partial charge in [0.2, 0.25) is 11.6 Å². The van der Waals surface area contributed by atoms with Crippen molar-refractivity contribution in [1.82, 2.24) is 0 Å². The number of halogens is 2. The van der Waals surface area contributed by atoms with E-state index >= 15 is 0 Å². The Labute approximate surface area is 197 Å². The molecule has 0 N–H and O–H groups in total. The number of unbranched alkanes of at least 4 members (excludes halogenated alkanes) is 2. The number of carbonyl (C=O) groups is 1. The summed E-state index contributed by atoms with van der Waals surface area (Å²) in [7, 11) is 0. The van der Waals surface area contributed by atoms with Crippen molar-refractivity contribution < 1.29 is 23.0 Å². The molecule has 184 valence electrons. The van der Waals surface area contributed by atoms with E-state index in [1.54, 1.807) is 6.92 Å². The highest BCUT2D eigenvalue weighted by molar-refractivity contribution is 5.75. The summed E-state index contributed by atoms with van der Waals surface area (Å²) in [5, 5.41) is 0. The Kier molecular flexibility index (Phi) is 10.2. The van der Waals surface area contributed by atoms with Gasteiger partial charge in [-0.2, -0.15) is 8.78 Å². The third-order valence-electron chi connectivity index (χ3n) is 7.39. The first-order valence-corrected chi connectivity index (χ1v) is 13.0. The molecule has 0 unspecified atom stereocenters. The Morgan fingerprint density at radius 1 is 0.879 bits per heavy atom. The third-order valence-corrected chi connectivity index (χ3v) is 7.39. The molecule has 2 aliphatic carbocycles. The number of benzene rings is 1. The Bertz CT molecular complexity index is 776. The standard InChI is InChI=1S/C28H40F2O3/c1-3-5-6-7-20-8-10-21(11-9-20)12-13-22-14-16-23(17-15-22)28(31)33-25-19-18-24(32-4-2)26(29)27(25)30/h12-13,18-23H,3-11,14-17H2,1-2H3/t20-,21-,22?,23?. The van der Waals surface area contributed by atoms with Crippen LogP contribution >= 0.6 is 0 Å². The van der Waals surface area contributed by atoms with Crippen molar-refractivity contribution in [3.05, 3.63) is 35.9 Å². The van der Waals surface area contributed by atoms with Gasteiger partial charge in [0.25, 0.3) is 0 Å². The summed E-state index contributed by atoms with van der Waals surface area (Å²) in [5.41, 5.74) is 0. The lowest BCUT2D eigenvalue weighted by molar-refractivity contribution is -0.140. The van der Waals surface area contributed by atoms with Crippen LogP contribution < -0.4 is 9.47 Å². The van der Waals surface area contributed by atoms with E-state index in [0.717, 1.165) is 31.6 Å². The van der Waals surface area contributed by atoms with Gasteiger partial charge in [-0.3, -0.25) is 4.79 Å². The van der Waals surface area contributed by atoms with Gasteiger partial charge < -0.3 is 9.47 Å². The van der Waals surface area contributed by atoms with E-state index in [1.807, 2.05) is 0 Å². The average Bonchev–Trinajstić information content (AvgIpc) is 2.84. The van der Waals surface area contributed by atoms with Crippen molar-refractivity contribution in [2.45, 2.75) is 90.9 Å². The normalized spacial score (nSPS) is 25.8. The summed E-state index contributed by atoms with van der Waals surface area (Å²) < 4.78 is 38.5. The van der Waals surface area contributed by atoms with Crippen LogP contribution in [0.3, 0.4) is 0 Å². The number of hydrogen-bond donors (Lipinski definition) is 0. The minimum atomic E-state index is -1.17. The van der Waals surface area contributed by atoms with Crippen molar-refractivity contribution in [3.8, 4) is 11.5 Å². The third kappa shape index (κ3) is 7.55. The first kappa shape index (κ1) is 25.7. The van der Waals surface area contributed by atoms with Crippen LogP contribution in [-0.2, 0) is 4.79 Å². The topological polar surface area (TPSA) is 35.5 Å². The molecule has 0 aromatic heterocycles. The van der Waals surface area contributed by atoms with E-state index in [0.29, 0.717) is 11.8 Å². The Morgan fingerprint density at radius 3 is 2.06 bits per heavy atom. The molecule has 5 heteroatoms. The van der Waals surface area contributed by atoms with Gasteiger partial charge in [-0.15, -0.1) is 0 Å². The molecule has 0 heterocycles. The highest BCUT2D eigenvalue weighted by atomic mass is 19.2. The van der Waals surface area contributed by atoms with Crippen molar-refractivity contribution >= 4 is 5.97 Å². The van der Waals surface area contributed by atoms with Crippen LogP contribution in [-0.4, -0.2) is 12.6 Å². The second kappa shape index (κ2) is 13.1. The van der Waals surface area contributed by atoms with Crippen LogP contribution in [0.4, 0.5) is 8.78 Å². The van der Waals surface area contributed by atoms with Crippen LogP contribution in [0.1, 0.15) is 90.9 Å². The molecule has 0 atom stereocenters. The molecule has 0 bridgehead atoms. The Hall–Kier alpha value is -1.91. The van der Waals surface area contributed by atoms with Crippen LogP contribution in [0.5, 0.6) is 11.5 Å². The minimum Gasteiger partial charge on any atom is -0.491 e. The predicted molar refractivity (Wildman–Crippen MR) is 127 cm³/mol. The SMILES string of the molecule is CCCCC[C@H]1CC[C@H](C=CC2CCC(C(=O)Oc3ccc(OCC)c(F)c3F)CC2)CC1. The zero-order valence-corrected chi connectivity index (χ0v) is 20.3. The summed E-state index contributed by atoms with van der Waals surface area (Å²) >= 11 is 0. The van der Waals surface area contributed by atoms with Gasteiger partial charge in [0.1, 0.15) is 0 Å². The summed E-state index contributed by atoms with van der Waals surface area (Å²) in [5.74, 6) is -1.44. The maximum atomic E-state index is 14.2. The van der Waals surface area contributed by atoms with E-state index in [1.165, 1.54) is 63.5 Å². The highest BCUT2D eigenvalue weighted by Gasteiger charge is 2.28. The molecule has 3 rings (SSSR count). The molecule has 0 spiro atoms. The monoisotopic (exact) mass is 462 g/mol. The second-order valence-corrected chi connectivity index (χ2v) is 9.82. The van der Waals surface area contributed by atoms with Gasteiger partial charge >= 0.3 is 5.97 Å². The largest absolute Gasteiger partial charge is 0.491 e. The molecule has 3 nitrogen and oxygen atoms in total. The van der Waals surface area contributed by atoms with Crippen LogP contribution in [0.2, 0.25) is 0 Å². The van der Waals surface area contributed by atoms with Gasteiger partial charge in [0.05, 0.1) is 12.5 Å². The molecule has 2 fully saturated rings. The van der Waals surface area contributed by atoms with E-state index in [9.17, 15) is 13.6 Å². The highest BCUT2D eigenvalue weighted by Crippen LogP contribution is 2.35. The molecule has 2 aliphatic rings. The lowest BCUT2D eigenvalue weighted by Gasteiger charge is -2.28. The molecule has 1 aromatic carbocycles. The quantitative estimate of drug-likeness (QED) is 0.153. The van der Waals surface area contributed by atoms with Gasteiger partial charge in [-0.1, -0.05) is 44.8 Å². The molecule has 0 saturated heterocycles. The van der Waals surface area contributed by atoms with E-state index in [4.69, 9.17) is 9.47 Å². The first-order valence-electron chi connectivity index (χ1n) is 13.0. The number of ether oxygens (including phenoxy) is 2. The van der Waals surface area contributed by atoms with Crippen molar-refractivity contribution in [3.63, 3.8) is 0 Å². The second-order valence-electron chi connectivity index (χ2n) is 9.82. The minimum absolute atomic E-state index is 0.174. The van der Waals surface area contributed by atoms with E-state index < -0.39 is 17.6 Å². The van der Waals surface area contributed by atoms with E-state index in [-0.39, 0.29) is 24.0 Å². The number of carbonyl (C=O) groups excluding carboxylic acids is 1. The Balaban J connectivity index is 1.40. The van der Waals surface area contributed by atoms with Crippen molar-refractivity contribution in [1.29, 1.82) is 0 Å². The average molecular weight is 463 g/mol. The first-order chi connectivity index (χ1) is 16.0. The summed E-state index contributed by atoms with van der Waals surface area (Å²) in [6.45, 7) is 4.19. The summed E-state index contributed by atoms with van der Waals surface area (Å²) in [4.78, 5) is 12.5. The lowest BCUT2D eigenvalue weighted by atomic mass is 9.78. The Morgan fingerprint density at radius 2 is 1.45 bits per heavy atom. The summed E-state index contributed by atoms with van der Waals surface area (Å²) in [6.07, 6.45) is 18.9. The van der Waals surface area contributed by atoms with Crippen molar-refractivity contribution in [2.24, 2.45) is 23.7 Å². The molecule has 1 aromatic rings. The number of esters is 1. The van der Waals surface area contributed by atoms with Crippen LogP contribution in [0.15, 0.2) is 24.3 Å². The molecule has 0 amide bonds. The fourth-order valence-electron chi connectivity index (χ4n) is 5.27. The van der Waals surface area contributed by atoms with Gasteiger partial charge in [0, 0.05) is 0 Å². The van der Waals surface area contributed by atoms with Gasteiger partial charge in [-0.05, 0) is 88.2 Å². The molecule has 2 saturated carbocycles. The number of hydrogen-bond acceptors (Lipinski definition) is 3.